The largest absolute Gasteiger partial charge is 0.294 e. The molecule has 0 aromatic heterocycles. The summed E-state index contributed by atoms with van der Waals surface area (Å²) in [5.41, 5.74) is 2.18. The summed E-state index contributed by atoms with van der Waals surface area (Å²) in [4.78, 5) is 11.7. The number of carbonyl (C=O) groups excluding carboxylic acids is 1. The van der Waals surface area contributed by atoms with E-state index >= 15 is 0 Å². The zero-order valence-corrected chi connectivity index (χ0v) is 8.62. The van der Waals surface area contributed by atoms with E-state index in [1.807, 2.05) is 12.1 Å². The number of rotatable bonds is 4. The lowest BCUT2D eigenvalue weighted by Gasteiger charge is -2.01. The molecule has 1 aromatic carbocycles. The van der Waals surface area contributed by atoms with Crippen LogP contribution in [0.1, 0.15) is 42.1 Å². The first-order valence-corrected chi connectivity index (χ1v) is 5.41. The van der Waals surface area contributed by atoms with Gasteiger partial charge in [0.2, 0.25) is 0 Å². The third-order valence-electron chi connectivity index (χ3n) is 2.86. The number of ketones is 1. The van der Waals surface area contributed by atoms with E-state index in [1.54, 1.807) is 0 Å². The number of aryl methyl sites for hydroxylation is 1. The Hall–Kier alpha value is -1.11. The standard InChI is InChI=1S/C13H16O/c1-2-10-5-7-12(8-6-10)13(14)9-11-3-4-11/h5-8,11H,2-4,9H2,1H3. The molecule has 14 heavy (non-hydrogen) atoms. The first-order valence-electron chi connectivity index (χ1n) is 5.41. The Morgan fingerprint density at radius 3 is 2.43 bits per heavy atom. The van der Waals surface area contributed by atoms with Crippen LogP contribution >= 0.6 is 0 Å². The lowest BCUT2D eigenvalue weighted by Crippen LogP contribution is -1.99. The normalized spacial score (nSPS) is 15.5. The van der Waals surface area contributed by atoms with Crippen molar-refractivity contribution in [2.75, 3.05) is 0 Å². The molecule has 74 valence electrons. The summed E-state index contributed by atoms with van der Waals surface area (Å²) < 4.78 is 0. The van der Waals surface area contributed by atoms with Gasteiger partial charge in [-0.25, -0.2) is 0 Å². The summed E-state index contributed by atoms with van der Waals surface area (Å²) >= 11 is 0. The van der Waals surface area contributed by atoms with Gasteiger partial charge < -0.3 is 0 Å². The van der Waals surface area contributed by atoms with Crippen molar-refractivity contribution in [3.05, 3.63) is 35.4 Å². The van der Waals surface area contributed by atoms with E-state index in [1.165, 1.54) is 18.4 Å². The molecule has 0 heterocycles. The molecule has 1 heteroatoms. The van der Waals surface area contributed by atoms with Crippen molar-refractivity contribution >= 4 is 5.78 Å². The van der Waals surface area contributed by atoms with Gasteiger partial charge in [0.1, 0.15) is 0 Å². The number of carbonyl (C=O) groups is 1. The van der Waals surface area contributed by atoms with Crippen molar-refractivity contribution in [1.29, 1.82) is 0 Å². The van der Waals surface area contributed by atoms with Gasteiger partial charge >= 0.3 is 0 Å². The van der Waals surface area contributed by atoms with Gasteiger partial charge in [0.15, 0.2) is 5.78 Å². The van der Waals surface area contributed by atoms with Crippen molar-refractivity contribution in [3.63, 3.8) is 0 Å². The molecule has 2 rings (SSSR count). The highest BCUT2D eigenvalue weighted by atomic mass is 16.1. The summed E-state index contributed by atoms with van der Waals surface area (Å²) in [7, 11) is 0. The zero-order valence-electron chi connectivity index (χ0n) is 8.62. The first kappa shape index (κ1) is 9.45. The molecule has 0 radical (unpaired) electrons. The third kappa shape index (κ3) is 2.22. The van der Waals surface area contributed by atoms with Crippen molar-refractivity contribution in [3.8, 4) is 0 Å². The molecule has 0 amide bonds. The van der Waals surface area contributed by atoms with Gasteiger partial charge in [-0.2, -0.15) is 0 Å². The fraction of sp³-hybridized carbons (Fsp3) is 0.462. The smallest absolute Gasteiger partial charge is 0.163 e. The van der Waals surface area contributed by atoms with Gasteiger partial charge in [-0.3, -0.25) is 4.79 Å². The molecule has 0 unspecified atom stereocenters. The topological polar surface area (TPSA) is 17.1 Å². The van der Waals surface area contributed by atoms with Gasteiger partial charge in [0.05, 0.1) is 0 Å². The van der Waals surface area contributed by atoms with E-state index in [-0.39, 0.29) is 0 Å². The van der Waals surface area contributed by atoms with Crippen molar-refractivity contribution < 1.29 is 4.79 Å². The van der Waals surface area contributed by atoms with Crippen LogP contribution in [0.3, 0.4) is 0 Å². The van der Waals surface area contributed by atoms with Crippen LogP contribution in [0.25, 0.3) is 0 Å². The highest BCUT2D eigenvalue weighted by Crippen LogP contribution is 2.33. The predicted molar refractivity (Wildman–Crippen MR) is 57.5 cm³/mol. The molecule has 0 bridgehead atoms. The van der Waals surface area contributed by atoms with E-state index < -0.39 is 0 Å². The highest BCUT2D eigenvalue weighted by Gasteiger charge is 2.24. The molecule has 1 aromatic rings. The molecule has 1 fully saturated rings. The van der Waals surface area contributed by atoms with Crippen LogP contribution in [0.2, 0.25) is 0 Å². The molecule has 1 aliphatic rings. The molecular weight excluding hydrogens is 172 g/mol. The fourth-order valence-corrected chi connectivity index (χ4v) is 1.63. The second kappa shape index (κ2) is 3.95. The van der Waals surface area contributed by atoms with E-state index in [9.17, 15) is 4.79 Å². The third-order valence-corrected chi connectivity index (χ3v) is 2.86. The Labute approximate surface area is 85.1 Å². The summed E-state index contributed by atoms with van der Waals surface area (Å²) in [6.07, 6.45) is 4.29. The minimum absolute atomic E-state index is 0.315. The Balaban J connectivity index is 2.03. The van der Waals surface area contributed by atoms with E-state index in [0.717, 1.165) is 18.4 Å². The maximum atomic E-state index is 11.7. The summed E-state index contributed by atoms with van der Waals surface area (Å²) in [5, 5.41) is 0. The number of hydrogen-bond donors (Lipinski definition) is 0. The highest BCUT2D eigenvalue weighted by molar-refractivity contribution is 5.96. The van der Waals surface area contributed by atoms with Gasteiger partial charge in [0.25, 0.3) is 0 Å². The lowest BCUT2D eigenvalue weighted by molar-refractivity contribution is 0.0976. The molecule has 0 aliphatic heterocycles. The Kier molecular flexibility index (Phi) is 2.67. The second-order valence-electron chi connectivity index (χ2n) is 4.12. The lowest BCUT2D eigenvalue weighted by atomic mass is 10.0. The minimum Gasteiger partial charge on any atom is -0.294 e. The van der Waals surface area contributed by atoms with Crippen LogP contribution in [0.15, 0.2) is 24.3 Å². The molecule has 0 atom stereocenters. The number of Topliss-reactive ketones (excluding diaryl/α,β-unsaturated/α-hetero) is 1. The van der Waals surface area contributed by atoms with Crippen LogP contribution in [-0.4, -0.2) is 5.78 Å². The zero-order chi connectivity index (χ0) is 9.97. The van der Waals surface area contributed by atoms with Crippen molar-refractivity contribution in [1.82, 2.24) is 0 Å². The van der Waals surface area contributed by atoms with Crippen LogP contribution in [0.4, 0.5) is 0 Å². The molecule has 0 spiro atoms. The van der Waals surface area contributed by atoms with Crippen LogP contribution in [-0.2, 0) is 6.42 Å². The molecular formula is C13H16O. The molecule has 1 nitrogen and oxygen atoms in total. The quantitative estimate of drug-likeness (QED) is 0.663. The Bertz CT molecular complexity index is 320. The molecule has 0 saturated heterocycles. The summed E-state index contributed by atoms with van der Waals surface area (Å²) in [5.74, 6) is 1.00. The fourth-order valence-electron chi connectivity index (χ4n) is 1.63. The summed E-state index contributed by atoms with van der Waals surface area (Å²) in [6, 6.07) is 8.04. The molecule has 1 aliphatic carbocycles. The van der Waals surface area contributed by atoms with Crippen LogP contribution in [0.5, 0.6) is 0 Å². The Morgan fingerprint density at radius 1 is 1.29 bits per heavy atom. The summed E-state index contributed by atoms with van der Waals surface area (Å²) in [6.45, 7) is 2.13. The van der Waals surface area contributed by atoms with Gasteiger partial charge in [-0.15, -0.1) is 0 Å². The van der Waals surface area contributed by atoms with E-state index in [0.29, 0.717) is 11.7 Å². The van der Waals surface area contributed by atoms with Gasteiger partial charge in [-0.1, -0.05) is 31.2 Å². The SMILES string of the molecule is CCc1ccc(C(=O)CC2CC2)cc1. The Morgan fingerprint density at radius 2 is 1.93 bits per heavy atom. The van der Waals surface area contributed by atoms with Crippen LogP contribution in [0, 0.1) is 5.92 Å². The van der Waals surface area contributed by atoms with E-state index in [4.69, 9.17) is 0 Å². The van der Waals surface area contributed by atoms with Crippen molar-refractivity contribution in [2.24, 2.45) is 5.92 Å². The number of benzene rings is 1. The number of hydrogen-bond acceptors (Lipinski definition) is 1. The maximum Gasteiger partial charge on any atom is 0.163 e. The molecule has 1 saturated carbocycles. The predicted octanol–water partition coefficient (Wildman–Crippen LogP) is 3.23. The maximum absolute atomic E-state index is 11.7. The van der Waals surface area contributed by atoms with Gasteiger partial charge in [-0.05, 0) is 30.7 Å². The minimum atomic E-state index is 0.315. The monoisotopic (exact) mass is 188 g/mol. The second-order valence-corrected chi connectivity index (χ2v) is 4.12. The average molecular weight is 188 g/mol. The van der Waals surface area contributed by atoms with E-state index in [2.05, 4.69) is 19.1 Å². The molecule has 0 N–H and O–H groups in total. The van der Waals surface area contributed by atoms with Crippen LogP contribution < -0.4 is 0 Å². The average Bonchev–Trinajstić information content (AvgIpc) is 3.02. The van der Waals surface area contributed by atoms with Crippen molar-refractivity contribution in [2.45, 2.75) is 32.6 Å². The van der Waals surface area contributed by atoms with Gasteiger partial charge in [0, 0.05) is 12.0 Å². The first-order chi connectivity index (χ1) is 6.79.